The number of benzene rings is 1. The van der Waals surface area contributed by atoms with Gasteiger partial charge in [-0.1, -0.05) is 37.6 Å². The van der Waals surface area contributed by atoms with Crippen molar-refractivity contribution in [3.05, 3.63) is 41.5 Å². The van der Waals surface area contributed by atoms with E-state index < -0.39 is 0 Å². The first-order chi connectivity index (χ1) is 7.81. The molecule has 1 aromatic carbocycles. The molecule has 0 saturated carbocycles. The standard InChI is InChI=1S/C14H16OS/c1-2-3-8-16-14-10-12(15)9-11-6-4-5-7-13(11)14/h4-7,10H,2-3,8-9H2,1H3. The number of hydrogen-bond acceptors (Lipinski definition) is 2. The maximum absolute atomic E-state index is 11.6. The van der Waals surface area contributed by atoms with Crippen molar-refractivity contribution >= 4 is 22.5 Å². The molecule has 0 spiro atoms. The van der Waals surface area contributed by atoms with Crippen LogP contribution in [0.1, 0.15) is 30.9 Å². The summed E-state index contributed by atoms with van der Waals surface area (Å²) in [6, 6.07) is 8.22. The molecule has 1 nitrogen and oxygen atoms in total. The van der Waals surface area contributed by atoms with Gasteiger partial charge in [0.25, 0.3) is 0 Å². The van der Waals surface area contributed by atoms with Crippen LogP contribution in [0.25, 0.3) is 4.91 Å². The summed E-state index contributed by atoms with van der Waals surface area (Å²) in [5.74, 6) is 1.34. The first-order valence-corrected chi connectivity index (χ1v) is 6.75. The highest BCUT2D eigenvalue weighted by molar-refractivity contribution is 8.08. The summed E-state index contributed by atoms with van der Waals surface area (Å²) in [6.45, 7) is 2.19. The Morgan fingerprint density at radius 1 is 1.31 bits per heavy atom. The van der Waals surface area contributed by atoms with Gasteiger partial charge in [0, 0.05) is 11.3 Å². The molecule has 0 saturated heterocycles. The van der Waals surface area contributed by atoms with Crippen LogP contribution in [0.2, 0.25) is 0 Å². The Morgan fingerprint density at radius 2 is 2.12 bits per heavy atom. The molecule has 0 aromatic heterocycles. The van der Waals surface area contributed by atoms with E-state index in [4.69, 9.17) is 0 Å². The molecule has 0 fully saturated rings. The van der Waals surface area contributed by atoms with E-state index in [0.29, 0.717) is 6.42 Å². The average Bonchev–Trinajstić information content (AvgIpc) is 2.29. The minimum atomic E-state index is 0.234. The Labute approximate surface area is 101 Å². The molecule has 1 aromatic rings. The van der Waals surface area contributed by atoms with Crippen LogP contribution in [-0.2, 0) is 11.2 Å². The van der Waals surface area contributed by atoms with Crippen LogP contribution in [0, 0.1) is 0 Å². The summed E-state index contributed by atoms with van der Waals surface area (Å²) in [5, 5.41) is 0. The van der Waals surface area contributed by atoms with Crippen LogP contribution in [0.3, 0.4) is 0 Å². The molecule has 0 unspecified atom stereocenters. The lowest BCUT2D eigenvalue weighted by molar-refractivity contribution is -0.114. The van der Waals surface area contributed by atoms with Gasteiger partial charge in [-0.05, 0) is 29.4 Å². The molecule has 16 heavy (non-hydrogen) atoms. The first-order valence-electron chi connectivity index (χ1n) is 5.77. The maximum Gasteiger partial charge on any atom is 0.161 e. The van der Waals surface area contributed by atoms with E-state index in [-0.39, 0.29) is 5.78 Å². The molecule has 1 aliphatic rings. The quantitative estimate of drug-likeness (QED) is 0.736. The number of unbranched alkanes of at least 4 members (excludes halogenated alkanes) is 1. The van der Waals surface area contributed by atoms with Gasteiger partial charge in [0.2, 0.25) is 0 Å². The van der Waals surface area contributed by atoms with Crippen molar-refractivity contribution in [2.75, 3.05) is 5.75 Å². The topological polar surface area (TPSA) is 17.1 Å². The van der Waals surface area contributed by atoms with Crippen LogP contribution in [0.15, 0.2) is 30.3 Å². The van der Waals surface area contributed by atoms with Crippen LogP contribution < -0.4 is 0 Å². The summed E-state index contributed by atoms with van der Waals surface area (Å²) in [7, 11) is 0. The van der Waals surface area contributed by atoms with Crippen molar-refractivity contribution in [2.24, 2.45) is 0 Å². The third-order valence-electron chi connectivity index (χ3n) is 2.70. The van der Waals surface area contributed by atoms with Crippen molar-refractivity contribution in [1.29, 1.82) is 0 Å². The molecule has 0 N–H and O–H groups in total. The average molecular weight is 232 g/mol. The predicted molar refractivity (Wildman–Crippen MR) is 70.5 cm³/mol. The lowest BCUT2D eigenvalue weighted by atomic mass is 9.97. The molecular weight excluding hydrogens is 216 g/mol. The van der Waals surface area contributed by atoms with Crippen LogP contribution in [0.4, 0.5) is 0 Å². The van der Waals surface area contributed by atoms with E-state index in [2.05, 4.69) is 19.1 Å². The molecule has 84 valence electrons. The Morgan fingerprint density at radius 3 is 2.94 bits per heavy atom. The highest BCUT2D eigenvalue weighted by atomic mass is 32.2. The maximum atomic E-state index is 11.6. The molecule has 2 rings (SSSR count). The van der Waals surface area contributed by atoms with Gasteiger partial charge in [0.05, 0.1) is 0 Å². The van der Waals surface area contributed by atoms with E-state index in [9.17, 15) is 4.79 Å². The minimum absolute atomic E-state index is 0.234. The summed E-state index contributed by atoms with van der Waals surface area (Å²) in [5.41, 5.74) is 2.43. The monoisotopic (exact) mass is 232 g/mol. The summed E-state index contributed by atoms with van der Waals surface area (Å²) >= 11 is 1.81. The molecule has 2 heteroatoms. The molecular formula is C14H16OS. The number of fused-ring (bicyclic) bond motifs is 1. The molecule has 0 bridgehead atoms. The SMILES string of the molecule is CCCCSC1=CC(=O)Cc2ccccc21. The Kier molecular flexibility index (Phi) is 3.83. The zero-order valence-electron chi connectivity index (χ0n) is 9.53. The summed E-state index contributed by atoms with van der Waals surface area (Å²) < 4.78 is 0. The third kappa shape index (κ3) is 2.56. The van der Waals surface area contributed by atoms with Crippen molar-refractivity contribution < 1.29 is 4.79 Å². The van der Waals surface area contributed by atoms with E-state index >= 15 is 0 Å². The Hall–Kier alpha value is -1.02. The van der Waals surface area contributed by atoms with Crippen LogP contribution in [-0.4, -0.2) is 11.5 Å². The number of allylic oxidation sites excluding steroid dienone is 1. The highest BCUT2D eigenvalue weighted by Gasteiger charge is 2.16. The van der Waals surface area contributed by atoms with Gasteiger partial charge in [-0.2, -0.15) is 0 Å². The fourth-order valence-electron chi connectivity index (χ4n) is 1.82. The fraction of sp³-hybridized carbons (Fsp3) is 0.357. The van der Waals surface area contributed by atoms with E-state index in [1.165, 1.54) is 24.0 Å². The second-order valence-corrected chi connectivity index (χ2v) is 5.15. The lowest BCUT2D eigenvalue weighted by Gasteiger charge is -2.16. The van der Waals surface area contributed by atoms with Gasteiger partial charge >= 0.3 is 0 Å². The minimum Gasteiger partial charge on any atom is -0.294 e. The van der Waals surface area contributed by atoms with E-state index in [1.807, 2.05) is 30.0 Å². The molecule has 0 radical (unpaired) electrons. The van der Waals surface area contributed by atoms with Gasteiger partial charge in [-0.25, -0.2) is 0 Å². The molecule has 1 aliphatic carbocycles. The number of carbonyl (C=O) groups excluding carboxylic acids is 1. The molecule has 0 heterocycles. The van der Waals surface area contributed by atoms with Crippen molar-refractivity contribution in [3.63, 3.8) is 0 Å². The van der Waals surface area contributed by atoms with Crippen molar-refractivity contribution in [3.8, 4) is 0 Å². The Balaban J connectivity index is 2.19. The fourth-order valence-corrected chi connectivity index (χ4v) is 3.05. The Bertz CT molecular complexity index is 420. The smallest absolute Gasteiger partial charge is 0.161 e. The summed E-state index contributed by atoms with van der Waals surface area (Å²) in [4.78, 5) is 12.7. The molecule has 0 aliphatic heterocycles. The second kappa shape index (κ2) is 5.35. The van der Waals surface area contributed by atoms with Crippen LogP contribution >= 0.6 is 11.8 Å². The number of hydrogen-bond donors (Lipinski definition) is 0. The van der Waals surface area contributed by atoms with Gasteiger partial charge in [-0.3, -0.25) is 4.79 Å². The van der Waals surface area contributed by atoms with Crippen molar-refractivity contribution in [1.82, 2.24) is 0 Å². The van der Waals surface area contributed by atoms with Gasteiger partial charge in [-0.15, -0.1) is 11.8 Å². The highest BCUT2D eigenvalue weighted by Crippen LogP contribution is 2.33. The zero-order chi connectivity index (χ0) is 11.4. The van der Waals surface area contributed by atoms with Gasteiger partial charge in [0.1, 0.15) is 0 Å². The second-order valence-electron chi connectivity index (χ2n) is 4.01. The lowest BCUT2D eigenvalue weighted by Crippen LogP contribution is -2.07. The van der Waals surface area contributed by atoms with Gasteiger partial charge in [0.15, 0.2) is 5.78 Å². The molecule has 0 atom stereocenters. The van der Waals surface area contributed by atoms with E-state index in [1.54, 1.807) is 0 Å². The number of carbonyl (C=O) groups is 1. The van der Waals surface area contributed by atoms with Gasteiger partial charge < -0.3 is 0 Å². The van der Waals surface area contributed by atoms with Crippen LogP contribution in [0.5, 0.6) is 0 Å². The normalized spacial score (nSPS) is 14.6. The zero-order valence-corrected chi connectivity index (χ0v) is 10.3. The first kappa shape index (κ1) is 11.5. The summed E-state index contributed by atoms with van der Waals surface area (Å²) in [6.07, 6.45) is 4.78. The largest absolute Gasteiger partial charge is 0.294 e. The molecule has 0 amide bonds. The number of rotatable bonds is 4. The third-order valence-corrected chi connectivity index (χ3v) is 3.84. The van der Waals surface area contributed by atoms with E-state index in [0.717, 1.165) is 10.7 Å². The number of thioether (sulfide) groups is 1. The number of ketones is 1. The predicted octanol–water partition coefficient (Wildman–Crippen LogP) is 3.69. The van der Waals surface area contributed by atoms with Crippen molar-refractivity contribution in [2.45, 2.75) is 26.2 Å².